The van der Waals surface area contributed by atoms with Crippen molar-refractivity contribution in [2.75, 3.05) is 0 Å². The molecule has 0 unspecified atom stereocenters. The fourth-order valence-electron chi connectivity index (χ4n) is 2.58. The highest BCUT2D eigenvalue weighted by Crippen LogP contribution is 2.32. The van der Waals surface area contributed by atoms with E-state index in [1.165, 1.54) is 12.1 Å². The number of nitrogens with zero attached hydrogens (tertiary/aromatic N) is 2. The van der Waals surface area contributed by atoms with E-state index < -0.39 is 4.92 Å². The lowest BCUT2D eigenvalue weighted by atomic mass is 10.1. The second-order valence-electron chi connectivity index (χ2n) is 4.81. The van der Waals surface area contributed by atoms with Crippen molar-refractivity contribution < 1.29 is 4.92 Å². The van der Waals surface area contributed by atoms with Crippen molar-refractivity contribution in [1.29, 1.82) is 0 Å². The van der Waals surface area contributed by atoms with Crippen LogP contribution in [0.2, 0.25) is 5.02 Å². The van der Waals surface area contributed by atoms with Crippen molar-refractivity contribution in [3.05, 3.63) is 57.6 Å². The average molecular weight is 298 g/mol. The van der Waals surface area contributed by atoms with Gasteiger partial charge in [-0.3, -0.25) is 10.1 Å². The summed E-state index contributed by atoms with van der Waals surface area (Å²) in [6.07, 6.45) is 0. The molecular formula is C15H8ClN3O2. The Bertz CT molecular complexity index is 1040. The first-order chi connectivity index (χ1) is 10.1. The number of aromatic nitrogens is 2. The van der Waals surface area contributed by atoms with Crippen molar-refractivity contribution in [2.45, 2.75) is 0 Å². The molecule has 0 saturated heterocycles. The number of nitro groups is 1. The standard InChI is InChI=1S/C15H8ClN3O2/c16-10-2-1-3-12-14(10)15-13(17-12)7-8-6-9(19(20)21)4-5-11(8)18-15/h1-7,17H. The maximum atomic E-state index is 10.9. The summed E-state index contributed by atoms with van der Waals surface area (Å²) in [6.45, 7) is 0. The molecule has 0 aliphatic carbocycles. The van der Waals surface area contributed by atoms with Gasteiger partial charge in [0, 0.05) is 28.4 Å². The molecule has 2 heterocycles. The highest BCUT2D eigenvalue weighted by Gasteiger charge is 2.12. The van der Waals surface area contributed by atoms with Gasteiger partial charge in [0.25, 0.3) is 5.69 Å². The van der Waals surface area contributed by atoms with E-state index in [2.05, 4.69) is 9.97 Å². The number of hydrogen-bond acceptors (Lipinski definition) is 3. The third-order valence-electron chi connectivity index (χ3n) is 3.53. The van der Waals surface area contributed by atoms with Crippen LogP contribution in [0.5, 0.6) is 0 Å². The van der Waals surface area contributed by atoms with Gasteiger partial charge >= 0.3 is 0 Å². The number of H-pyrrole nitrogens is 1. The minimum absolute atomic E-state index is 0.0535. The van der Waals surface area contributed by atoms with Crippen LogP contribution in [0.4, 0.5) is 5.69 Å². The van der Waals surface area contributed by atoms with Crippen LogP contribution in [0.15, 0.2) is 42.5 Å². The van der Waals surface area contributed by atoms with Gasteiger partial charge in [-0.1, -0.05) is 17.7 Å². The van der Waals surface area contributed by atoms with Crippen LogP contribution in [-0.4, -0.2) is 14.9 Å². The number of non-ortho nitro benzene ring substituents is 1. The Morgan fingerprint density at radius 1 is 1.14 bits per heavy atom. The van der Waals surface area contributed by atoms with E-state index in [1.807, 2.05) is 24.3 Å². The van der Waals surface area contributed by atoms with Crippen LogP contribution in [0, 0.1) is 10.1 Å². The molecule has 0 amide bonds. The zero-order chi connectivity index (χ0) is 14.6. The van der Waals surface area contributed by atoms with Gasteiger partial charge < -0.3 is 4.98 Å². The smallest absolute Gasteiger partial charge is 0.270 e. The Labute approximate surface area is 123 Å². The largest absolute Gasteiger partial charge is 0.353 e. The molecule has 0 radical (unpaired) electrons. The van der Waals surface area contributed by atoms with Gasteiger partial charge in [-0.25, -0.2) is 4.98 Å². The minimum Gasteiger partial charge on any atom is -0.353 e. The molecule has 5 nitrogen and oxygen atoms in total. The van der Waals surface area contributed by atoms with Gasteiger partial charge in [-0.05, 0) is 24.3 Å². The summed E-state index contributed by atoms with van der Waals surface area (Å²) in [6, 6.07) is 12.1. The third kappa shape index (κ3) is 1.75. The van der Waals surface area contributed by atoms with Gasteiger partial charge in [0.1, 0.15) is 0 Å². The zero-order valence-corrected chi connectivity index (χ0v) is 11.4. The van der Waals surface area contributed by atoms with Crippen LogP contribution < -0.4 is 0 Å². The highest BCUT2D eigenvalue weighted by molar-refractivity contribution is 6.37. The predicted octanol–water partition coefficient (Wildman–Crippen LogP) is 4.43. The Balaban J connectivity index is 2.14. The van der Waals surface area contributed by atoms with E-state index in [0.29, 0.717) is 10.5 Å². The van der Waals surface area contributed by atoms with Crippen LogP contribution in [0.25, 0.3) is 32.8 Å². The van der Waals surface area contributed by atoms with Crippen molar-refractivity contribution >= 4 is 50.1 Å². The number of fused-ring (bicyclic) bond motifs is 4. The molecule has 4 aromatic rings. The summed E-state index contributed by atoms with van der Waals surface area (Å²) < 4.78 is 0. The summed E-state index contributed by atoms with van der Waals surface area (Å²) in [5.41, 5.74) is 3.24. The number of nitro benzene ring substituents is 1. The molecule has 4 rings (SSSR count). The summed E-state index contributed by atoms with van der Waals surface area (Å²) in [4.78, 5) is 18.3. The van der Waals surface area contributed by atoms with E-state index >= 15 is 0 Å². The van der Waals surface area contributed by atoms with Crippen molar-refractivity contribution in [1.82, 2.24) is 9.97 Å². The number of rotatable bonds is 1. The van der Waals surface area contributed by atoms with Crippen molar-refractivity contribution in [3.63, 3.8) is 0 Å². The van der Waals surface area contributed by atoms with Crippen molar-refractivity contribution in [3.8, 4) is 0 Å². The number of halogens is 1. The molecular weight excluding hydrogens is 290 g/mol. The van der Waals surface area contributed by atoms with Crippen LogP contribution in [-0.2, 0) is 0 Å². The number of aromatic amines is 1. The van der Waals surface area contributed by atoms with Gasteiger partial charge in [-0.15, -0.1) is 0 Å². The first kappa shape index (κ1) is 12.1. The summed E-state index contributed by atoms with van der Waals surface area (Å²) >= 11 is 6.25. The number of nitrogens with one attached hydrogen (secondary N) is 1. The second kappa shape index (κ2) is 4.17. The van der Waals surface area contributed by atoms with Crippen LogP contribution in [0.3, 0.4) is 0 Å². The van der Waals surface area contributed by atoms with Gasteiger partial charge in [0.2, 0.25) is 0 Å². The predicted molar refractivity (Wildman–Crippen MR) is 82.8 cm³/mol. The molecule has 1 N–H and O–H groups in total. The van der Waals surface area contributed by atoms with E-state index in [1.54, 1.807) is 6.07 Å². The lowest BCUT2D eigenvalue weighted by Crippen LogP contribution is -1.88. The summed E-state index contributed by atoms with van der Waals surface area (Å²) in [5, 5.41) is 13.1. The topological polar surface area (TPSA) is 71.8 Å². The lowest BCUT2D eigenvalue weighted by molar-refractivity contribution is -0.384. The van der Waals surface area contributed by atoms with E-state index in [4.69, 9.17) is 11.6 Å². The summed E-state index contributed by atoms with van der Waals surface area (Å²) in [5.74, 6) is 0. The lowest BCUT2D eigenvalue weighted by Gasteiger charge is -1.99. The van der Waals surface area contributed by atoms with Crippen molar-refractivity contribution in [2.24, 2.45) is 0 Å². The Kier molecular flexibility index (Phi) is 2.40. The van der Waals surface area contributed by atoms with Gasteiger partial charge in [-0.2, -0.15) is 0 Å². The molecule has 0 saturated carbocycles. The monoisotopic (exact) mass is 297 g/mol. The number of benzene rings is 2. The molecule has 0 bridgehead atoms. The zero-order valence-electron chi connectivity index (χ0n) is 10.6. The molecule has 0 aliphatic rings. The van der Waals surface area contributed by atoms with Crippen LogP contribution >= 0.6 is 11.6 Å². The van der Waals surface area contributed by atoms with E-state index in [-0.39, 0.29) is 5.69 Å². The molecule has 2 aromatic heterocycles. The van der Waals surface area contributed by atoms with Crippen LogP contribution in [0.1, 0.15) is 0 Å². The fourth-order valence-corrected chi connectivity index (χ4v) is 2.84. The molecule has 0 fully saturated rings. The maximum absolute atomic E-state index is 10.9. The third-order valence-corrected chi connectivity index (χ3v) is 3.84. The normalized spacial score (nSPS) is 11.5. The molecule has 6 heteroatoms. The molecule has 21 heavy (non-hydrogen) atoms. The van der Waals surface area contributed by atoms with E-state index in [9.17, 15) is 10.1 Å². The van der Waals surface area contributed by atoms with E-state index in [0.717, 1.165) is 27.3 Å². The van der Waals surface area contributed by atoms with Gasteiger partial charge in [0.15, 0.2) is 0 Å². The first-order valence-electron chi connectivity index (χ1n) is 6.28. The quantitative estimate of drug-likeness (QED) is 0.417. The number of pyridine rings is 1. The maximum Gasteiger partial charge on any atom is 0.270 e. The SMILES string of the molecule is O=[N+]([O-])c1ccc2nc3c(cc2c1)[nH]c1cccc(Cl)c13. The molecule has 0 atom stereocenters. The Morgan fingerprint density at radius 2 is 2.00 bits per heavy atom. The number of hydrogen-bond donors (Lipinski definition) is 1. The Hall–Kier alpha value is -2.66. The second-order valence-corrected chi connectivity index (χ2v) is 5.21. The molecule has 102 valence electrons. The fraction of sp³-hybridized carbons (Fsp3) is 0. The first-order valence-corrected chi connectivity index (χ1v) is 6.66. The van der Waals surface area contributed by atoms with Gasteiger partial charge in [0.05, 0.1) is 26.5 Å². The average Bonchev–Trinajstić information content (AvgIpc) is 2.82. The minimum atomic E-state index is -0.411. The molecule has 2 aromatic carbocycles. The summed E-state index contributed by atoms with van der Waals surface area (Å²) in [7, 11) is 0. The molecule has 0 spiro atoms. The highest BCUT2D eigenvalue weighted by atomic mass is 35.5. The Morgan fingerprint density at radius 3 is 2.81 bits per heavy atom. The molecule has 0 aliphatic heterocycles.